The minimum Gasteiger partial charge on any atom is -0.460 e. The number of nitrogens with one attached hydrogen (secondary N) is 1. The number of benzene rings is 1. The van der Waals surface area contributed by atoms with E-state index in [0.717, 1.165) is 40.8 Å². The predicted octanol–water partition coefficient (Wildman–Crippen LogP) is 5.34. The molecule has 6 nitrogen and oxygen atoms in total. The Bertz CT molecular complexity index is 1370. The van der Waals surface area contributed by atoms with Crippen LogP contribution in [0.25, 0.3) is 22.4 Å². The molecule has 0 saturated heterocycles. The summed E-state index contributed by atoms with van der Waals surface area (Å²) in [6.07, 6.45) is 2.72. The third-order valence-corrected chi connectivity index (χ3v) is 7.11. The van der Waals surface area contributed by atoms with Crippen molar-refractivity contribution in [3.05, 3.63) is 69.8 Å². The summed E-state index contributed by atoms with van der Waals surface area (Å²) < 4.78 is 5.73. The van der Waals surface area contributed by atoms with Crippen LogP contribution in [-0.4, -0.2) is 16.8 Å². The van der Waals surface area contributed by atoms with Gasteiger partial charge in [-0.25, -0.2) is 4.98 Å². The second kappa shape index (κ2) is 7.91. The number of amides is 2. The highest BCUT2D eigenvalue weighted by atomic mass is 32.1. The van der Waals surface area contributed by atoms with Crippen LogP contribution in [-0.2, 0) is 12.8 Å². The highest BCUT2D eigenvalue weighted by Crippen LogP contribution is 2.40. The molecule has 0 unspecified atom stereocenters. The molecule has 0 saturated carbocycles. The summed E-state index contributed by atoms with van der Waals surface area (Å²) in [6, 6.07) is 12.9. The van der Waals surface area contributed by atoms with Gasteiger partial charge < -0.3 is 15.5 Å². The number of aryl methyl sites for hydroxylation is 1. The monoisotopic (exact) mass is 445 g/mol. The first-order chi connectivity index (χ1) is 15.4. The average Bonchev–Trinajstić information content (AvgIpc) is 3.35. The lowest BCUT2D eigenvalue weighted by molar-refractivity contribution is 0.1000. The number of nitrogens with zero attached hydrogens (tertiary/aromatic N) is 1. The molecular formula is C25H23N3O3S. The van der Waals surface area contributed by atoms with Crippen LogP contribution in [0, 0.1) is 12.8 Å². The minimum absolute atomic E-state index is 0.303. The van der Waals surface area contributed by atoms with Crippen molar-refractivity contribution < 1.29 is 14.0 Å². The standard InChI is InChI=1S/C25H23N3O3S/c1-13-7-9-16-21(11-13)32-25(22(16)23(26)29)28-24(30)17-12-19(20-10-8-14(2)31-20)27-18-6-4-3-5-15(17)18/h3-6,8,10,12-13H,7,9,11H2,1-2H3,(H2,26,29)(H,28,30)/t13-/m1/s1. The maximum Gasteiger partial charge on any atom is 0.257 e. The molecule has 4 aromatic rings. The number of hydrogen-bond donors (Lipinski definition) is 2. The van der Waals surface area contributed by atoms with Gasteiger partial charge in [-0.15, -0.1) is 11.3 Å². The number of thiophene rings is 1. The van der Waals surface area contributed by atoms with Gasteiger partial charge in [-0.3, -0.25) is 9.59 Å². The number of fused-ring (bicyclic) bond motifs is 2. The van der Waals surface area contributed by atoms with Gasteiger partial charge in [-0.05, 0) is 61.9 Å². The van der Waals surface area contributed by atoms with E-state index in [1.54, 1.807) is 6.07 Å². The second-order valence-electron chi connectivity index (χ2n) is 8.36. The van der Waals surface area contributed by atoms with Gasteiger partial charge in [0.05, 0.1) is 16.6 Å². The summed E-state index contributed by atoms with van der Waals surface area (Å²) in [5, 5.41) is 4.23. The Morgan fingerprint density at radius 2 is 2.03 bits per heavy atom. The number of hydrogen-bond acceptors (Lipinski definition) is 5. The molecule has 7 heteroatoms. The van der Waals surface area contributed by atoms with Crippen LogP contribution >= 0.6 is 11.3 Å². The minimum atomic E-state index is -0.501. The molecule has 32 heavy (non-hydrogen) atoms. The normalized spacial score (nSPS) is 15.5. The fourth-order valence-corrected chi connectivity index (χ4v) is 5.74. The molecule has 0 fully saturated rings. The van der Waals surface area contributed by atoms with Gasteiger partial charge in [0.15, 0.2) is 5.76 Å². The summed E-state index contributed by atoms with van der Waals surface area (Å²) in [5.74, 6) is 1.11. The van der Waals surface area contributed by atoms with E-state index in [4.69, 9.17) is 10.2 Å². The quantitative estimate of drug-likeness (QED) is 0.443. The van der Waals surface area contributed by atoms with Crippen molar-refractivity contribution in [2.75, 3.05) is 5.32 Å². The van der Waals surface area contributed by atoms with E-state index >= 15 is 0 Å². The van der Waals surface area contributed by atoms with Crippen LogP contribution in [0.1, 0.15) is 50.3 Å². The predicted molar refractivity (Wildman–Crippen MR) is 126 cm³/mol. The molecule has 3 aromatic heterocycles. The number of para-hydroxylation sites is 1. The van der Waals surface area contributed by atoms with Crippen LogP contribution in [0.3, 0.4) is 0 Å². The van der Waals surface area contributed by atoms with Gasteiger partial charge >= 0.3 is 0 Å². The Morgan fingerprint density at radius 1 is 1.22 bits per heavy atom. The highest BCUT2D eigenvalue weighted by molar-refractivity contribution is 7.17. The summed E-state index contributed by atoms with van der Waals surface area (Å²) in [6.45, 7) is 4.06. The number of aromatic nitrogens is 1. The molecule has 5 rings (SSSR count). The summed E-state index contributed by atoms with van der Waals surface area (Å²) in [7, 11) is 0. The summed E-state index contributed by atoms with van der Waals surface area (Å²) >= 11 is 1.46. The molecule has 0 radical (unpaired) electrons. The summed E-state index contributed by atoms with van der Waals surface area (Å²) in [4.78, 5) is 31.5. The third kappa shape index (κ3) is 3.58. The van der Waals surface area contributed by atoms with Crippen molar-refractivity contribution in [3.8, 4) is 11.5 Å². The van der Waals surface area contributed by atoms with Crippen molar-refractivity contribution in [1.29, 1.82) is 0 Å². The zero-order valence-corrected chi connectivity index (χ0v) is 18.7. The van der Waals surface area contributed by atoms with Crippen LogP contribution in [0.4, 0.5) is 5.00 Å². The van der Waals surface area contributed by atoms with Gasteiger partial charge in [0.25, 0.3) is 11.8 Å². The Morgan fingerprint density at radius 3 is 2.78 bits per heavy atom. The maximum absolute atomic E-state index is 13.5. The first kappa shape index (κ1) is 20.5. The number of rotatable bonds is 4. The molecule has 2 amide bonds. The maximum atomic E-state index is 13.5. The highest BCUT2D eigenvalue weighted by Gasteiger charge is 2.28. The van der Waals surface area contributed by atoms with Crippen molar-refractivity contribution >= 4 is 39.1 Å². The smallest absolute Gasteiger partial charge is 0.257 e. The topological polar surface area (TPSA) is 98.2 Å². The lowest BCUT2D eigenvalue weighted by Crippen LogP contribution is -2.19. The molecule has 162 valence electrons. The van der Waals surface area contributed by atoms with Gasteiger partial charge in [0.2, 0.25) is 0 Å². The number of anilines is 1. The van der Waals surface area contributed by atoms with Gasteiger partial charge in [-0.2, -0.15) is 0 Å². The Labute approximate surface area is 189 Å². The lowest BCUT2D eigenvalue weighted by Gasteiger charge is -2.18. The number of carbonyl (C=O) groups is 2. The molecular weight excluding hydrogens is 422 g/mol. The number of nitrogens with two attached hydrogens (primary N) is 1. The molecule has 1 aliphatic rings. The number of primary amides is 1. The van der Waals surface area contributed by atoms with Crippen molar-refractivity contribution in [3.63, 3.8) is 0 Å². The molecule has 1 aliphatic carbocycles. The third-order valence-electron chi connectivity index (χ3n) is 5.94. The fourth-order valence-electron chi connectivity index (χ4n) is 4.33. The molecule has 0 bridgehead atoms. The van der Waals surface area contributed by atoms with E-state index in [-0.39, 0.29) is 5.91 Å². The SMILES string of the molecule is Cc1ccc(-c2cc(C(=O)Nc3sc4c(c3C(N)=O)CC[C@@H](C)C4)c3ccccc3n2)o1. The first-order valence-electron chi connectivity index (χ1n) is 10.6. The number of furan rings is 1. The molecule has 0 aliphatic heterocycles. The van der Waals surface area contributed by atoms with Crippen LogP contribution in [0.2, 0.25) is 0 Å². The Hall–Kier alpha value is -3.45. The van der Waals surface area contributed by atoms with Gasteiger partial charge in [0.1, 0.15) is 16.5 Å². The molecule has 3 N–H and O–H groups in total. The van der Waals surface area contributed by atoms with E-state index in [1.165, 1.54) is 11.3 Å². The molecule has 1 atom stereocenters. The Kier molecular flexibility index (Phi) is 5.06. The molecule has 0 spiro atoms. The van der Waals surface area contributed by atoms with Crippen molar-refractivity contribution in [1.82, 2.24) is 4.98 Å². The Balaban J connectivity index is 1.58. The van der Waals surface area contributed by atoms with E-state index in [1.807, 2.05) is 43.3 Å². The first-order valence-corrected chi connectivity index (χ1v) is 11.4. The summed E-state index contributed by atoms with van der Waals surface area (Å²) in [5.41, 5.74) is 8.90. The molecule has 3 heterocycles. The second-order valence-corrected chi connectivity index (χ2v) is 9.46. The van der Waals surface area contributed by atoms with Crippen LogP contribution in [0.5, 0.6) is 0 Å². The van der Waals surface area contributed by atoms with E-state index in [9.17, 15) is 9.59 Å². The van der Waals surface area contributed by atoms with Gasteiger partial charge in [0, 0.05) is 10.3 Å². The fraction of sp³-hybridized carbons (Fsp3) is 0.240. The van der Waals surface area contributed by atoms with Crippen molar-refractivity contribution in [2.45, 2.75) is 33.1 Å². The number of carbonyl (C=O) groups excluding carboxylic acids is 2. The average molecular weight is 446 g/mol. The van der Waals surface area contributed by atoms with E-state index in [0.29, 0.717) is 39.0 Å². The van der Waals surface area contributed by atoms with E-state index in [2.05, 4.69) is 17.2 Å². The van der Waals surface area contributed by atoms with E-state index < -0.39 is 5.91 Å². The number of pyridine rings is 1. The van der Waals surface area contributed by atoms with Crippen molar-refractivity contribution in [2.24, 2.45) is 11.7 Å². The lowest BCUT2D eigenvalue weighted by atomic mass is 9.88. The van der Waals surface area contributed by atoms with Gasteiger partial charge in [-0.1, -0.05) is 25.1 Å². The zero-order valence-electron chi connectivity index (χ0n) is 17.9. The van der Waals surface area contributed by atoms with Crippen LogP contribution < -0.4 is 11.1 Å². The molecule has 1 aromatic carbocycles. The zero-order chi connectivity index (χ0) is 22.4. The van der Waals surface area contributed by atoms with Crippen LogP contribution in [0.15, 0.2) is 46.9 Å². The largest absolute Gasteiger partial charge is 0.460 e.